The maximum Gasteiger partial charge on any atom is 0.122 e. The van der Waals surface area contributed by atoms with Gasteiger partial charge in [-0.15, -0.1) is 11.3 Å². The van der Waals surface area contributed by atoms with Crippen molar-refractivity contribution in [3.63, 3.8) is 0 Å². The van der Waals surface area contributed by atoms with Gasteiger partial charge in [0, 0.05) is 15.8 Å². The van der Waals surface area contributed by atoms with Crippen LogP contribution in [0.4, 0.5) is 0 Å². The average molecular weight is 406 g/mol. The van der Waals surface area contributed by atoms with Crippen molar-refractivity contribution in [2.24, 2.45) is 0 Å². The Morgan fingerprint density at radius 2 is 2.05 bits per heavy atom. The third-order valence-electron chi connectivity index (χ3n) is 2.86. The first-order valence-corrected chi connectivity index (χ1v) is 8.18. The van der Waals surface area contributed by atoms with Crippen molar-refractivity contribution in [2.75, 3.05) is 7.11 Å². The van der Waals surface area contributed by atoms with E-state index < -0.39 is 6.10 Å². The number of methoxy groups -OCH3 is 1. The first-order valence-electron chi connectivity index (χ1n) is 5.77. The zero-order valence-corrected chi connectivity index (χ0v) is 14.6. The molecule has 0 saturated heterocycles. The van der Waals surface area contributed by atoms with Crippen molar-refractivity contribution in [2.45, 2.75) is 19.4 Å². The van der Waals surface area contributed by atoms with Gasteiger partial charge in [-0.1, -0.05) is 15.9 Å². The fraction of sp³-hybridized carbons (Fsp3) is 0.286. The van der Waals surface area contributed by atoms with E-state index in [2.05, 4.69) is 31.9 Å². The van der Waals surface area contributed by atoms with Crippen LogP contribution >= 0.6 is 43.2 Å². The molecule has 2 rings (SSSR count). The molecular weight excluding hydrogens is 392 g/mol. The van der Waals surface area contributed by atoms with Crippen molar-refractivity contribution in [1.29, 1.82) is 0 Å². The molecule has 0 saturated carbocycles. The standard InChI is InChI=1S/C14H14Br2O2S/c1-8-5-13(19-14(8)16)11(17)7-9-6-10(15)3-4-12(9)18-2/h3-6,11,17H,7H2,1-2H3. The molecule has 1 unspecified atom stereocenters. The Hall–Kier alpha value is -0.360. The molecular formula is C14H14Br2O2S. The van der Waals surface area contributed by atoms with Crippen molar-refractivity contribution < 1.29 is 9.84 Å². The zero-order valence-electron chi connectivity index (χ0n) is 10.6. The van der Waals surface area contributed by atoms with E-state index in [4.69, 9.17) is 4.74 Å². The van der Waals surface area contributed by atoms with Crippen molar-refractivity contribution >= 4 is 43.2 Å². The Kier molecular flexibility index (Phi) is 5.06. The van der Waals surface area contributed by atoms with E-state index in [1.54, 1.807) is 18.4 Å². The van der Waals surface area contributed by atoms with Crippen LogP contribution in [0.3, 0.4) is 0 Å². The Labute approximate surface area is 133 Å². The van der Waals surface area contributed by atoms with E-state index in [-0.39, 0.29) is 0 Å². The second-order valence-electron chi connectivity index (χ2n) is 4.28. The van der Waals surface area contributed by atoms with Crippen LogP contribution in [0.5, 0.6) is 5.75 Å². The van der Waals surface area contributed by atoms with Gasteiger partial charge < -0.3 is 9.84 Å². The largest absolute Gasteiger partial charge is 0.496 e. The maximum atomic E-state index is 10.3. The number of benzene rings is 1. The molecule has 1 atom stereocenters. The lowest BCUT2D eigenvalue weighted by Crippen LogP contribution is -2.01. The van der Waals surface area contributed by atoms with Crippen LogP contribution in [0.15, 0.2) is 32.5 Å². The van der Waals surface area contributed by atoms with Crippen molar-refractivity contribution in [3.05, 3.63) is 48.5 Å². The number of hydrogen-bond acceptors (Lipinski definition) is 3. The van der Waals surface area contributed by atoms with Gasteiger partial charge in [0.15, 0.2) is 0 Å². The highest BCUT2D eigenvalue weighted by Crippen LogP contribution is 2.34. The number of ether oxygens (including phenoxy) is 1. The lowest BCUT2D eigenvalue weighted by atomic mass is 10.1. The predicted molar refractivity (Wildman–Crippen MR) is 86.1 cm³/mol. The highest BCUT2D eigenvalue weighted by molar-refractivity contribution is 9.11. The van der Waals surface area contributed by atoms with Crippen molar-refractivity contribution in [3.8, 4) is 5.75 Å². The van der Waals surface area contributed by atoms with Crippen LogP contribution in [-0.4, -0.2) is 12.2 Å². The minimum Gasteiger partial charge on any atom is -0.496 e. The van der Waals surface area contributed by atoms with Gasteiger partial charge in [-0.3, -0.25) is 0 Å². The molecule has 0 bridgehead atoms. The van der Waals surface area contributed by atoms with Gasteiger partial charge in [0.2, 0.25) is 0 Å². The molecule has 2 aromatic rings. The van der Waals surface area contributed by atoms with E-state index in [0.717, 1.165) is 30.0 Å². The van der Waals surface area contributed by atoms with E-state index in [1.807, 2.05) is 31.2 Å². The van der Waals surface area contributed by atoms with Crippen LogP contribution in [0.25, 0.3) is 0 Å². The normalized spacial score (nSPS) is 12.5. The molecule has 1 heterocycles. The first-order chi connectivity index (χ1) is 9.01. The van der Waals surface area contributed by atoms with E-state index in [9.17, 15) is 5.11 Å². The maximum absolute atomic E-state index is 10.3. The summed E-state index contributed by atoms with van der Waals surface area (Å²) in [4.78, 5) is 0.964. The Morgan fingerprint density at radius 3 is 2.63 bits per heavy atom. The highest BCUT2D eigenvalue weighted by atomic mass is 79.9. The van der Waals surface area contributed by atoms with Gasteiger partial charge in [0.05, 0.1) is 17.0 Å². The van der Waals surface area contributed by atoms with Gasteiger partial charge >= 0.3 is 0 Å². The summed E-state index contributed by atoms with van der Waals surface area (Å²) in [6.45, 7) is 2.02. The molecule has 1 N–H and O–H groups in total. The summed E-state index contributed by atoms with van der Waals surface area (Å²) in [5.41, 5.74) is 2.15. The van der Waals surface area contributed by atoms with E-state index >= 15 is 0 Å². The monoisotopic (exact) mass is 404 g/mol. The molecule has 1 aromatic heterocycles. The third kappa shape index (κ3) is 3.60. The molecule has 102 valence electrons. The van der Waals surface area contributed by atoms with Crippen LogP contribution in [0, 0.1) is 6.92 Å². The Morgan fingerprint density at radius 1 is 1.32 bits per heavy atom. The third-order valence-corrected chi connectivity index (χ3v) is 5.59. The second kappa shape index (κ2) is 6.39. The number of aliphatic hydroxyl groups excluding tert-OH is 1. The number of aliphatic hydroxyl groups is 1. The van der Waals surface area contributed by atoms with Crippen LogP contribution in [-0.2, 0) is 6.42 Å². The molecule has 19 heavy (non-hydrogen) atoms. The summed E-state index contributed by atoms with van der Waals surface area (Å²) < 4.78 is 7.39. The zero-order chi connectivity index (χ0) is 14.0. The number of aryl methyl sites for hydroxylation is 1. The fourth-order valence-electron chi connectivity index (χ4n) is 1.86. The van der Waals surface area contributed by atoms with Crippen molar-refractivity contribution in [1.82, 2.24) is 0 Å². The smallest absolute Gasteiger partial charge is 0.122 e. The molecule has 0 aliphatic rings. The summed E-state index contributed by atoms with van der Waals surface area (Å²) in [7, 11) is 1.64. The summed E-state index contributed by atoms with van der Waals surface area (Å²) in [6.07, 6.45) is 0.0212. The van der Waals surface area contributed by atoms with Crippen LogP contribution in [0.1, 0.15) is 22.1 Å². The molecule has 2 nitrogen and oxygen atoms in total. The Balaban J connectivity index is 2.23. The summed E-state index contributed by atoms with van der Waals surface area (Å²) in [5, 5.41) is 10.3. The molecule has 0 amide bonds. The van der Waals surface area contributed by atoms with Crippen LogP contribution in [0.2, 0.25) is 0 Å². The van der Waals surface area contributed by atoms with Gasteiger partial charge in [0.1, 0.15) is 5.75 Å². The topological polar surface area (TPSA) is 29.5 Å². The molecule has 0 aliphatic carbocycles. The molecule has 0 fully saturated rings. The predicted octanol–water partition coefficient (Wildman–Crippen LogP) is 4.87. The average Bonchev–Trinajstić information content (AvgIpc) is 2.70. The van der Waals surface area contributed by atoms with Crippen LogP contribution < -0.4 is 4.74 Å². The molecule has 1 aromatic carbocycles. The summed E-state index contributed by atoms with van der Waals surface area (Å²) >= 11 is 8.50. The SMILES string of the molecule is COc1ccc(Br)cc1CC(O)c1cc(C)c(Br)s1. The fourth-order valence-corrected chi connectivity index (χ4v) is 3.83. The number of thiophene rings is 1. The number of rotatable bonds is 4. The number of hydrogen-bond donors (Lipinski definition) is 1. The van der Waals surface area contributed by atoms with Gasteiger partial charge in [0.25, 0.3) is 0 Å². The molecule has 0 radical (unpaired) electrons. The van der Waals surface area contributed by atoms with E-state index in [0.29, 0.717) is 6.42 Å². The molecule has 5 heteroatoms. The summed E-state index contributed by atoms with van der Waals surface area (Å²) in [5.74, 6) is 0.801. The summed E-state index contributed by atoms with van der Waals surface area (Å²) in [6, 6.07) is 7.84. The van der Waals surface area contributed by atoms with E-state index in [1.165, 1.54) is 0 Å². The minimum atomic E-state index is -0.516. The second-order valence-corrected chi connectivity index (χ2v) is 7.60. The molecule has 0 aliphatic heterocycles. The minimum absolute atomic E-state index is 0.516. The Bertz CT molecular complexity index is 561. The highest BCUT2D eigenvalue weighted by Gasteiger charge is 2.15. The first kappa shape index (κ1) is 15.0. The van der Waals surface area contributed by atoms with Gasteiger partial charge in [-0.2, -0.15) is 0 Å². The number of halogens is 2. The molecule has 0 spiro atoms. The quantitative estimate of drug-likeness (QED) is 0.786. The van der Waals surface area contributed by atoms with Gasteiger partial charge in [-0.25, -0.2) is 0 Å². The van der Waals surface area contributed by atoms with Gasteiger partial charge in [-0.05, 0) is 58.2 Å². The lowest BCUT2D eigenvalue weighted by Gasteiger charge is -2.12. The lowest BCUT2D eigenvalue weighted by molar-refractivity contribution is 0.181.